The molecule has 250 valence electrons. The Morgan fingerprint density at radius 2 is 1.65 bits per heavy atom. The average molecular weight is 769 g/mol. The van der Waals surface area contributed by atoms with Gasteiger partial charge in [0.1, 0.15) is 0 Å². The third-order valence-electron chi connectivity index (χ3n) is 8.26. The summed E-state index contributed by atoms with van der Waals surface area (Å²) >= 11 is 1.94. The lowest BCUT2D eigenvalue weighted by molar-refractivity contribution is -0.143. The Morgan fingerprint density at radius 1 is 1.04 bits per heavy atom. The first-order valence-electron chi connectivity index (χ1n) is 13.9. The smallest absolute Gasteiger partial charge is 0.416 e. The summed E-state index contributed by atoms with van der Waals surface area (Å²) in [7, 11) is 1.40. The standard InChI is InChI=1S/C31H30F6INO7/c1-14(5-15-6-22(38)27(43)24(7-15)46-2)3-4-23(42)25-16(12-40)8-20-26(21(25)13-41)29(45)39(28(20)44)19-10-17(30(32,33)34)9-18(11-19)31(35,36)37/h5-7,9-11,20-21,23,26,40-43H,3-4,8,12-13H2,1-2H3/b14-5+/t20-,21+,23-,26-/m1/s1. The molecule has 4 rings (SSSR count). The Labute approximate surface area is 273 Å². The summed E-state index contributed by atoms with van der Waals surface area (Å²) in [6.45, 7) is 0.318. The van der Waals surface area contributed by atoms with E-state index >= 15 is 0 Å². The zero-order valence-corrected chi connectivity index (χ0v) is 26.6. The molecule has 1 saturated heterocycles. The number of halogens is 7. The number of ether oxygens (including phenoxy) is 1. The number of rotatable bonds is 9. The highest BCUT2D eigenvalue weighted by Gasteiger charge is 2.55. The van der Waals surface area contributed by atoms with Gasteiger partial charge in [-0.3, -0.25) is 9.59 Å². The van der Waals surface area contributed by atoms with Crippen LogP contribution in [0.4, 0.5) is 32.0 Å². The number of hydrogen-bond donors (Lipinski definition) is 4. The van der Waals surface area contributed by atoms with E-state index in [-0.39, 0.29) is 58.6 Å². The summed E-state index contributed by atoms with van der Waals surface area (Å²) in [5.41, 5.74) is -2.60. The number of allylic oxidation sites excluding steroid dienone is 1. The number of carbonyl (C=O) groups is 2. The third kappa shape index (κ3) is 7.06. The Balaban J connectivity index is 1.63. The van der Waals surface area contributed by atoms with E-state index in [4.69, 9.17) is 4.74 Å². The van der Waals surface area contributed by atoms with E-state index in [1.807, 2.05) is 22.6 Å². The lowest BCUT2D eigenvalue weighted by Gasteiger charge is -2.36. The molecule has 15 heteroatoms. The van der Waals surface area contributed by atoms with Gasteiger partial charge in [0.05, 0.1) is 58.6 Å². The molecular formula is C31H30F6INO7. The zero-order chi connectivity index (χ0) is 34.3. The summed E-state index contributed by atoms with van der Waals surface area (Å²) in [6, 6.07) is 3.78. The Hall–Kier alpha value is -3.15. The molecule has 1 aliphatic carbocycles. The number of hydrogen-bond acceptors (Lipinski definition) is 7. The number of amides is 2. The number of anilines is 1. The summed E-state index contributed by atoms with van der Waals surface area (Å²) in [5, 5.41) is 41.8. The monoisotopic (exact) mass is 769 g/mol. The van der Waals surface area contributed by atoms with Crippen LogP contribution >= 0.6 is 22.6 Å². The summed E-state index contributed by atoms with van der Waals surface area (Å²) in [4.78, 5) is 27.3. The SMILES string of the molecule is COc1cc(/C=C(\C)CC[C@@H](O)C2=C(CO)C[C@H]3C(=O)N(c4cc(C(F)(F)F)cc(C(F)(F)F)c4)C(=O)[C@H]3[C@H]2CO)cc(I)c1O. The Kier molecular flexibility index (Phi) is 10.5. The van der Waals surface area contributed by atoms with E-state index < -0.39 is 78.1 Å². The molecule has 2 aromatic carbocycles. The van der Waals surface area contributed by atoms with E-state index in [0.29, 0.717) is 15.6 Å². The summed E-state index contributed by atoms with van der Waals surface area (Å²) in [5.74, 6) is -5.87. The molecule has 0 radical (unpaired) electrons. The molecule has 0 bridgehead atoms. The van der Waals surface area contributed by atoms with E-state index in [0.717, 1.165) is 5.57 Å². The first-order chi connectivity index (χ1) is 21.4. The molecule has 4 N–H and O–H groups in total. The van der Waals surface area contributed by atoms with Crippen LogP contribution < -0.4 is 9.64 Å². The van der Waals surface area contributed by atoms with E-state index in [9.17, 15) is 56.4 Å². The molecule has 2 aliphatic rings. The van der Waals surface area contributed by atoms with Crippen LogP contribution in [-0.4, -0.2) is 58.7 Å². The maximum Gasteiger partial charge on any atom is 0.416 e. The van der Waals surface area contributed by atoms with Gasteiger partial charge in [0.2, 0.25) is 11.8 Å². The van der Waals surface area contributed by atoms with Gasteiger partial charge in [0.25, 0.3) is 0 Å². The molecule has 0 saturated carbocycles. The van der Waals surface area contributed by atoms with Gasteiger partial charge in [0.15, 0.2) is 11.5 Å². The number of aromatic hydroxyl groups is 1. The van der Waals surface area contributed by atoms with Gasteiger partial charge in [-0.05, 0) is 95.8 Å². The predicted octanol–water partition coefficient (Wildman–Crippen LogP) is 5.69. The van der Waals surface area contributed by atoms with E-state index in [1.54, 1.807) is 25.1 Å². The van der Waals surface area contributed by atoms with Crippen LogP contribution in [0.3, 0.4) is 0 Å². The molecule has 1 aliphatic heterocycles. The fraction of sp³-hybridized carbons (Fsp3) is 0.419. The van der Waals surface area contributed by atoms with Gasteiger partial charge in [-0.1, -0.05) is 11.6 Å². The first kappa shape index (κ1) is 35.7. The molecule has 1 heterocycles. The van der Waals surface area contributed by atoms with Crippen molar-refractivity contribution in [3.63, 3.8) is 0 Å². The fourth-order valence-electron chi connectivity index (χ4n) is 6.14. The number of benzene rings is 2. The lowest BCUT2D eigenvalue weighted by atomic mass is 9.68. The highest BCUT2D eigenvalue weighted by atomic mass is 127. The van der Waals surface area contributed by atoms with Crippen molar-refractivity contribution in [2.75, 3.05) is 25.2 Å². The van der Waals surface area contributed by atoms with Gasteiger partial charge in [0, 0.05) is 5.92 Å². The molecule has 4 atom stereocenters. The molecular weight excluding hydrogens is 739 g/mol. The minimum absolute atomic E-state index is 0.0187. The van der Waals surface area contributed by atoms with E-state index in [2.05, 4.69) is 0 Å². The zero-order valence-electron chi connectivity index (χ0n) is 24.4. The average Bonchev–Trinajstić information content (AvgIpc) is 3.24. The van der Waals surface area contributed by atoms with Crippen molar-refractivity contribution in [3.05, 3.63) is 67.3 Å². The quantitative estimate of drug-likeness (QED) is 0.112. The minimum atomic E-state index is -5.22. The third-order valence-corrected chi connectivity index (χ3v) is 9.08. The molecule has 0 unspecified atom stereocenters. The molecule has 2 aromatic rings. The highest BCUT2D eigenvalue weighted by Crippen LogP contribution is 2.48. The number of carbonyl (C=O) groups excluding carboxylic acids is 2. The largest absolute Gasteiger partial charge is 0.504 e. The number of alkyl halides is 6. The molecule has 0 spiro atoms. The van der Waals surface area contributed by atoms with Gasteiger partial charge >= 0.3 is 12.4 Å². The molecule has 1 fully saturated rings. The molecule has 2 amide bonds. The second-order valence-corrected chi connectivity index (χ2v) is 12.4. The number of phenols is 1. The van der Waals surface area contributed by atoms with E-state index in [1.165, 1.54) is 7.11 Å². The van der Waals surface area contributed by atoms with Gasteiger partial charge in [-0.2, -0.15) is 26.3 Å². The first-order valence-corrected chi connectivity index (χ1v) is 15.0. The topological polar surface area (TPSA) is 128 Å². The second kappa shape index (κ2) is 13.5. The number of nitrogens with zero attached hydrogens (tertiary/aromatic N) is 1. The van der Waals surface area contributed by atoms with Crippen molar-refractivity contribution >= 4 is 46.2 Å². The number of imide groups is 1. The highest BCUT2D eigenvalue weighted by molar-refractivity contribution is 14.1. The number of phenolic OH excluding ortho intramolecular Hbond substituents is 1. The number of aliphatic hydroxyl groups excluding tert-OH is 3. The minimum Gasteiger partial charge on any atom is -0.504 e. The molecule has 46 heavy (non-hydrogen) atoms. The van der Waals surface area contributed by atoms with Crippen molar-refractivity contribution in [2.45, 2.75) is 44.6 Å². The van der Waals surface area contributed by atoms with Crippen LogP contribution in [0.15, 0.2) is 47.1 Å². The summed E-state index contributed by atoms with van der Waals surface area (Å²) in [6.07, 6.45) is -9.92. The maximum atomic E-state index is 13.6. The van der Waals surface area contributed by atoms with Crippen LogP contribution in [0.5, 0.6) is 11.5 Å². The van der Waals surface area contributed by atoms with Crippen LogP contribution in [0.2, 0.25) is 0 Å². The Bertz CT molecular complexity index is 1550. The van der Waals surface area contributed by atoms with Crippen molar-refractivity contribution in [1.82, 2.24) is 0 Å². The second-order valence-electron chi connectivity index (χ2n) is 11.2. The molecule has 8 nitrogen and oxygen atoms in total. The number of fused-ring (bicyclic) bond motifs is 1. The Morgan fingerprint density at radius 3 is 2.17 bits per heavy atom. The van der Waals surface area contributed by atoms with Crippen molar-refractivity contribution < 1.29 is 61.1 Å². The molecule has 0 aromatic heterocycles. The van der Waals surface area contributed by atoms with Gasteiger partial charge < -0.3 is 25.2 Å². The maximum absolute atomic E-state index is 13.6. The van der Waals surface area contributed by atoms with Crippen molar-refractivity contribution in [3.8, 4) is 11.5 Å². The number of methoxy groups -OCH3 is 1. The van der Waals surface area contributed by atoms with Crippen molar-refractivity contribution in [1.29, 1.82) is 0 Å². The lowest BCUT2D eigenvalue weighted by Crippen LogP contribution is -2.39. The van der Waals surface area contributed by atoms with Gasteiger partial charge in [-0.25, -0.2) is 4.90 Å². The predicted molar refractivity (Wildman–Crippen MR) is 161 cm³/mol. The van der Waals surface area contributed by atoms with Crippen LogP contribution in [0.25, 0.3) is 6.08 Å². The van der Waals surface area contributed by atoms with Crippen molar-refractivity contribution in [2.24, 2.45) is 17.8 Å². The summed E-state index contributed by atoms with van der Waals surface area (Å²) < 4.78 is 86.8. The normalized spacial score (nSPS) is 21.6. The van der Waals surface area contributed by atoms with Crippen LogP contribution in [0.1, 0.15) is 42.9 Å². The van der Waals surface area contributed by atoms with Gasteiger partial charge in [-0.15, -0.1) is 0 Å². The van der Waals surface area contributed by atoms with Crippen LogP contribution in [-0.2, 0) is 21.9 Å². The fourth-order valence-corrected chi connectivity index (χ4v) is 6.76. The van der Waals surface area contributed by atoms with Crippen LogP contribution in [0, 0.1) is 21.3 Å². The number of aliphatic hydroxyl groups is 3.